The second-order valence-corrected chi connectivity index (χ2v) is 13.1. The van der Waals surface area contributed by atoms with E-state index in [1.54, 1.807) is 0 Å². The smallest absolute Gasteiger partial charge is 0.325 e. The van der Waals surface area contributed by atoms with Gasteiger partial charge in [0.05, 0.1) is 17.5 Å². The molecule has 1 aliphatic rings. The maximum atomic E-state index is 14.2. The minimum absolute atomic E-state index is 0.0457. The van der Waals surface area contributed by atoms with Gasteiger partial charge in [0, 0.05) is 33.5 Å². The molecular formula is C27H26Br2FN3O5S. The Hall–Kier alpha value is -2.80. The predicted octanol–water partition coefficient (Wildman–Crippen LogP) is 5.02. The molecule has 0 saturated carbocycles. The predicted molar refractivity (Wildman–Crippen MR) is 154 cm³/mol. The normalized spacial score (nSPS) is 15.0. The molecule has 39 heavy (non-hydrogen) atoms. The maximum Gasteiger partial charge on any atom is 0.325 e. The Balaban J connectivity index is 1.43. The summed E-state index contributed by atoms with van der Waals surface area (Å²) in [6.07, 6.45) is 0. The van der Waals surface area contributed by atoms with Crippen LogP contribution in [0.5, 0.6) is 0 Å². The standard InChI is InChI=1S/C27H26Br2FN3O5S/c1-16(27(35)36)31-26(34)20-10-23(30)12-24(11-20)32-39(37,38)15-17-13-33(14-17)25(18-2-6-21(28)7-3-18)19-4-8-22(29)9-5-19/h2-12,16-17,25,32H,13-15H2,1H3,(H,31,34)(H,35,36)/t16-/m0/s1. The fourth-order valence-corrected chi connectivity index (χ4v) is 6.40. The summed E-state index contributed by atoms with van der Waals surface area (Å²) < 4.78 is 44.3. The fraction of sp³-hybridized carbons (Fsp3) is 0.259. The summed E-state index contributed by atoms with van der Waals surface area (Å²) in [4.78, 5) is 25.5. The Bertz CT molecular complexity index is 1420. The molecule has 1 atom stereocenters. The van der Waals surface area contributed by atoms with Crippen LogP contribution in [0, 0.1) is 11.7 Å². The molecule has 0 spiro atoms. The van der Waals surface area contributed by atoms with E-state index in [0.29, 0.717) is 13.1 Å². The lowest BCUT2D eigenvalue weighted by molar-refractivity contribution is -0.138. The van der Waals surface area contributed by atoms with Crippen LogP contribution in [-0.4, -0.2) is 55.2 Å². The highest BCUT2D eigenvalue weighted by Gasteiger charge is 2.36. The number of carbonyl (C=O) groups excluding carboxylic acids is 1. The van der Waals surface area contributed by atoms with E-state index in [-0.39, 0.29) is 29.0 Å². The fourth-order valence-electron chi connectivity index (χ4n) is 4.48. The zero-order valence-corrected chi connectivity index (χ0v) is 24.8. The van der Waals surface area contributed by atoms with Gasteiger partial charge in [-0.1, -0.05) is 56.1 Å². The summed E-state index contributed by atoms with van der Waals surface area (Å²) in [5.74, 6) is -3.23. The monoisotopic (exact) mass is 681 g/mol. The van der Waals surface area contributed by atoms with Gasteiger partial charge >= 0.3 is 5.97 Å². The van der Waals surface area contributed by atoms with Crippen LogP contribution >= 0.6 is 31.9 Å². The number of anilines is 1. The van der Waals surface area contributed by atoms with Crippen molar-refractivity contribution >= 4 is 59.4 Å². The number of hydrogen-bond donors (Lipinski definition) is 3. The number of halogens is 3. The first kappa shape index (κ1) is 29.2. The van der Waals surface area contributed by atoms with Crippen molar-refractivity contribution in [3.63, 3.8) is 0 Å². The molecule has 3 aromatic rings. The van der Waals surface area contributed by atoms with E-state index in [2.05, 4.69) is 46.8 Å². The molecule has 0 aliphatic carbocycles. The SMILES string of the molecule is C[C@H](NC(=O)c1cc(F)cc(NS(=O)(=O)CC2CN(C(c3ccc(Br)cc3)c3ccc(Br)cc3)C2)c1)C(=O)O. The molecule has 206 valence electrons. The van der Waals surface area contributed by atoms with Crippen LogP contribution in [0.2, 0.25) is 0 Å². The third kappa shape index (κ3) is 7.65. The molecule has 1 aliphatic heterocycles. The van der Waals surface area contributed by atoms with E-state index < -0.39 is 33.8 Å². The van der Waals surface area contributed by atoms with Gasteiger partial charge in [-0.2, -0.15) is 0 Å². The van der Waals surface area contributed by atoms with E-state index >= 15 is 0 Å². The van der Waals surface area contributed by atoms with Crippen LogP contribution in [0.4, 0.5) is 10.1 Å². The Morgan fingerprint density at radius 1 is 1.00 bits per heavy atom. The number of likely N-dealkylation sites (tertiary alicyclic amines) is 1. The molecule has 1 amide bonds. The van der Waals surface area contributed by atoms with Crippen LogP contribution in [0.15, 0.2) is 75.7 Å². The number of nitrogens with zero attached hydrogens (tertiary/aromatic N) is 1. The number of benzene rings is 3. The number of hydrogen-bond acceptors (Lipinski definition) is 5. The number of amides is 1. The van der Waals surface area contributed by atoms with Gasteiger partial charge in [-0.05, 0) is 60.5 Å². The summed E-state index contributed by atoms with van der Waals surface area (Å²) in [5, 5.41) is 11.2. The number of aliphatic carboxylic acids is 1. The molecule has 0 radical (unpaired) electrons. The van der Waals surface area contributed by atoms with Crippen molar-refractivity contribution in [2.75, 3.05) is 23.6 Å². The highest BCUT2D eigenvalue weighted by Crippen LogP contribution is 2.36. The van der Waals surface area contributed by atoms with Gasteiger partial charge in [-0.25, -0.2) is 12.8 Å². The Labute approximate surface area is 242 Å². The second kappa shape index (κ2) is 12.2. The molecule has 1 heterocycles. The van der Waals surface area contributed by atoms with Crippen molar-refractivity contribution in [1.82, 2.24) is 10.2 Å². The highest BCUT2D eigenvalue weighted by molar-refractivity contribution is 9.10. The van der Waals surface area contributed by atoms with Gasteiger partial charge in [-0.3, -0.25) is 19.2 Å². The van der Waals surface area contributed by atoms with Gasteiger partial charge < -0.3 is 10.4 Å². The minimum atomic E-state index is -3.86. The van der Waals surface area contributed by atoms with E-state index in [9.17, 15) is 22.4 Å². The average Bonchev–Trinajstić information content (AvgIpc) is 2.83. The lowest BCUT2D eigenvalue weighted by Crippen LogP contribution is -2.51. The molecule has 1 fully saturated rings. The first-order chi connectivity index (χ1) is 18.4. The lowest BCUT2D eigenvalue weighted by atomic mass is 9.91. The summed E-state index contributed by atoms with van der Waals surface area (Å²) in [5.41, 5.74) is 1.87. The first-order valence-electron chi connectivity index (χ1n) is 12.0. The number of carboxylic acids is 1. The minimum Gasteiger partial charge on any atom is -0.480 e. The highest BCUT2D eigenvalue weighted by atomic mass is 79.9. The molecule has 4 rings (SSSR count). The molecular weight excluding hydrogens is 657 g/mol. The van der Waals surface area contributed by atoms with Gasteiger partial charge in [0.15, 0.2) is 0 Å². The molecule has 8 nitrogen and oxygen atoms in total. The van der Waals surface area contributed by atoms with E-state index in [0.717, 1.165) is 32.2 Å². The van der Waals surface area contributed by atoms with E-state index in [1.165, 1.54) is 13.0 Å². The van der Waals surface area contributed by atoms with Gasteiger partial charge in [0.2, 0.25) is 10.0 Å². The van der Waals surface area contributed by atoms with Crippen molar-refractivity contribution in [1.29, 1.82) is 0 Å². The summed E-state index contributed by atoms with van der Waals surface area (Å²) in [7, 11) is -3.86. The Kier molecular flexibility index (Phi) is 9.10. The number of nitrogens with one attached hydrogen (secondary N) is 2. The largest absolute Gasteiger partial charge is 0.480 e. The number of carboxylic acid groups (broad SMARTS) is 1. The zero-order chi connectivity index (χ0) is 28.3. The molecule has 0 aromatic heterocycles. The Morgan fingerprint density at radius 2 is 1.54 bits per heavy atom. The molecule has 3 N–H and O–H groups in total. The zero-order valence-electron chi connectivity index (χ0n) is 20.8. The van der Waals surface area contributed by atoms with Gasteiger partial charge in [-0.15, -0.1) is 0 Å². The lowest BCUT2D eigenvalue weighted by Gasteiger charge is -2.44. The van der Waals surface area contributed by atoms with Gasteiger partial charge in [0.1, 0.15) is 11.9 Å². The molecule has 12 heteroatoms. The summed E-state index contributed by atoms with van der Waals surface area (Å²) in [6.45, 7) is 2.35. The summed E-state index contributed by atoms with van der Waals surface area (Å²) >= 11 is 6.94. The van der Waals surface area contributed by atoms with Crippen molar-refractivity contribution in [2.45, 2.75) is 19.0 Å². The first-order valence-corrected chi connectivity index (χ1v) is 15.2. The second-order valence-electron chi connectivity index (χ2n) is 9.47. The molecule has 0 bridgehead atoms. The summed E-state index contributed by atoms with van der Waals surface area (Å²) in [6, 6.07) is 17.9. The Morgan fingerprint density at radius 3 is 2.05 bits per heavy atom. The van der Waals surface area contributed by atoms with Crippen LogP contribution in [0.25, 0.3) is 0 Å². The van der Waals surface area contributed by atoms with Crippen molar-refractivity contribution in [3.05, 3.63) is 98.2 Å². The number of rotatable bonds is 10. The van der Waals surface area contributed by atoms with Crippen LogP contribution in [0.3, 0.4) is 0 Å². The van der Waals surface area contributed by atoms with Crippen molar-refractivity contribution in [2.24, 2.45) is 5.92 Å². The number of sulfonamides is 1. The average molecular weight is 683 g/mol. The number of carbonyl (C=O) groups is 2. The molecule has 0 unspecified atom stereocenters. The quantitative estimate of drug-likeness (QED) is 0.277. The van der Waals surface area contributed by atoms with Crippen LogP contribution < -0.4 is 10.0 Å². The third-order valence-corrected chi connectivity index (χ3v) is 8.84. The molecule has 3 aromatic carbocycles. The maximum absolute atomic E-state index is 14.2. The molecule has 1 saturated heterocycles. The van der Waals surface area contributed by atoms with Crippen LogP contribution in [-0.2, 0) is 14.8 Å². The third-order valence-electron chi connectivity index (χ3n) is 6.33. The van der Waals surface area contributed by atoms with Crippen LogP contribution in [0.1, 0.15) is 34.5 Å². The van der Waals surface area contributed by atoms with Crippen molar-refractivity contribution in [3.8, 4) is 0 Å². The van der Waals surface area contributed by atoms with Gasteiger partial charge in [0.25, 0.3) is 5.91 Å². The topological polar surface area (TPSA) is 116 Å². The van der Waals surface area contributed by atoms with Crippen molar-refractivity contribution < 1.29 is 27.5 Å². The van der Waals surface area contributed by atoms with E-state index in [1.807, 2.05) is 48.5 Å². The van der Waals surface area contributed by atoms with E-state index in [4.69, 9.17) is 5.11 Å².